The number of nitrogens with one attached hydrogen (secondary N) is 2. The van der Waals surface area contributed by atoms with Gasteiger partial charge in [0.05, 0.1) is 12.6 Å². The molecule has 1 fully saturated rings. The van der Waals surface area contributed by atoms with E-state index in [1.54, 1.807) is 11.3 Å². The summed E-state index contributed by atoms with van der Waals surface area (Å²) in [6, 6.07) is -0.000819. The van der Waals surface area contributed by atoms with Gasteiger partial charge < -0.3 is 10.6 Å². The number of nitrogens with zero attached hydrogens (tertiary/aromatic N) is 2. The lowest BCUT2D eigenvalue weighted by Gasteiger charge is -2.26. The molecule has 0 radical (unpaired) electrons. The Morgan fingerprint density at radius 3 is 2.94 bits per heavy atom. The molecule has 0 spiro atoms. The maximum absolute atomic E-state index is 11.9. The number of aromatic nitrogens is 1. The van der Waals surface area contributed by atoms with E-state index in [4.69, 9.17) is 0 Å². The average Bonchev–Trinajstić information content (AvgIpc) is 2.77. The number of aryl methyl sites for hydroxylation is 1. The van der Waals surface area contributed by atoms with Gasteiger partial charge in [-0.2, -0.15) is 0 Å². The maximum atomic E-state index is 11.9. The predicted octanol–water partition coefficient (Wildman–Crippen LogP) is 0.534. The van der Waals surface area contributed by atoms with E-state index in [2.05, 4.69) is 20.5 Å². The Hall–Kier alpha value is -0.980. The maximum Gasteiger partial charge on any atom is 0.234 e. The minimum Gasteiger partial charge on any atom is -0.346 e. The molecular weight excluding hydrogens is 248 g/mol. The molecular formula is C12H20N4OS. The predicted molar refractivity (Wildman–Crippen MR) is 72.7 cm³/mol. The molecule has 1 atom stereocenters. The fourth-order valence-electron chi connectivity index (χ4n) is 1.99. The van der Waals surface area contributed by atoms with E-state index in [-0.39, 0.29) is 11.9 Å². The first-order chi connectivity index (χ1) is 8.65. The number of hydrogen-bond donors (Lipinski definition) is 2. The van der Waals surface area contributed by atoms with Crippen LogP contribution in [0.2, 0.25) is 0 Å². The van der Waals surface area contributed by atoms with Crippen molar-refractivity contribution in [3.05, 3.63) is 16.1 Å². The van der Waals surface area contributed by atoms with Crippen LogP contribution in [0.25, 0.3) is 0 Å². The van der Waals surface area contributed by atoms with Crippen molar-refractivity contribution in [3.8, 4) is 0 Å². The molecule has 100 valence electrons. The zero-order chi connectivity index (χ0) is 13.0. The third-order valence-corrected chi connectivity index (χ3v) is 4.06. The van der Waals surface area contributed by atoms with E-state index in [1.807, 2.05) is 20.0 Å². The summed E-state index contributed by atoms with van der Waals surface area (Å²) in [5, 5.41) is 7.25. The monoisotopic (exact) mass is 268 g/mol. The van der Waals surface area contributed by atoms with Crippen molar-refractivity contribution in [3.63, 3.8) is 0 Å². The molecule has 2 N–H and O–H groups in total. The van der Waals surface area contributed by atoms with Crippen LogP contribution in [0.5, 0.6) is 0 Å². The van der Waals surface area contributed by atoms with Gasteiger partial charge in [0.1, 0.15) is 5.01 Å². The molecule has 1 saturated heterocycles. The highest BCUT2D eigenvalue weighted by Gasteiger charge is 2.16. The molecule has 1 unspecified atom stereocenters. The molecule has 2 heterocycles. The molecule has 18 heavy (non-hydrogen) atoms. The van der Waals surface area contributed by atoms with Crippen LogP contribution in [0, 0.1) is 6.92 Å². The van der Waals surface area contributed by atoms with Gasteiger partial charge in [0.25, 0.3) is 0 Å². The minimum absolute atomic E-state index is 0.000819. The van der Waals surface area contributed by atoms with Crippen LogP contribution in [0.15, 0.2) is 6.20 Å². The molecule has 0 aromatic carbocycles. The summed E-state index contributed by atoms with van der Waals surface area (Å²) in [5.74, 6) is 0.0808. The largest absolute Gasteiger partial charge is 0.346 e. The zero-order valence-electron chi connectivity index (χ0n) is 10.9. The molecule has 6 heteroatoms. The summed E-state index contributed by atoms with van der Waals surface area (Å²) in [5.41, 5.74) is 0. The van der Waals surface area contributed by atoms with Crippen molar-refractivity contribution in [2.45, 2.75) is 19.9 Å². The SMILES string of the molecule is Cc1cnc(C(C)NC(=O)CN2CCNCC2)s1. The molecule has 1 aliphatic heterocycles. The van der Waals surface area contributed by atoms with Gasteiger partial charge in [-0.15, -0.1) is 11.3 Å². The highest BCUT2D eigenvalue weighted by Crippen LogP contribution is 2.18. The molecule has 2 rings (SSSR count). The fraction of sp³-hybridized carbons (Fsp3) is 0.667. The molecule has 1 aromatic heterocycles. The van der Waals surface area contributed by atoms with Gasteiger partial charge in [0.2, 0.25) is 5.91 Å². The second kappa shape index (κ2) is 6.26. The second-order valence-corrected chi connectivity index (χ2v) is 5.89. The van der Waals surface area contributed by atoms with E-state index >= 15 is 0 Å². The summed E-state index contributed by atoms with van der Waals surface area (Å²) in [4.78, 5) is 19.5. The highest BCUT2D eigenvalue weighted by atomic mass is 32.1. The Labute approximate surface area is 112 Å². The van der Waals surface area contributed by atoms with Crippen molar-refractivity contribution in [1.82, 2.24) is 20.5 Å². The Balaban J connectivity index is 1.79. The third kappa shape index (κ3) is 3.76. The first-order valence-corrected chi connectivity index (χ1v) is 7.11. The van der Waals surface area contributed by atoms with Crippen LogP contribution < -0.4 is 10.6 Å². The summed E-state index contributed by atoms with van der Waals surface area (Å²) >= 11 is 1.63. The zero-order valence-corrected chi connectivity index (χ0v) is 11.7. The summed E-state index contributed by atoms with van der Waals surface area (Å²) < 4.78 is 0. The average molecular weight is 268 g/mol. The van der Waals surface area contributed by atoms with Gasteiger partial charge in [-0.05, 0) is 13.8 Å². The van der Waals surface area contributed by atoms with E-state index in [1.165, 1.54) is 4.88 Å². The number of carbonyl (C=O) groups excluding carboxylic acids is 1. The molecule has 0 saturated carbocycles. The first kappa shape index (κ1) is 13.5. The molecule has 0 aliphatic carbocycles. The second-order valence-electron chi connectivity index (χ2n) is 4.62. The summed E-state index contributed by atoms with van der Waals surface area (Å²) in [7, 11) is 0. The van der Waals surface area contributed by atoms with Crippen LogP contribution >= 0.6 is 11.3 Å². The summed E-state index contributed by atoms with van der Waals surface area (Å²) in [6.45, 7) is 8.31. The lowest BCUT2D eigenvalue weighted by molar-refractivity contribution is -0.123. The van der Waals surface area contributed by atoms with Crippen molar-refractivity contribution in [2.24, 2.45) is 0 Å². The normalized spacial score (nSPS) is 18.6. The van der Waals surface area contributed by atoms with E-state index in [0.29, 0.717) is 6.54 Å². The van der Waals surface area contributed by atoms with E-state index in [0.717, 1.165) is 31.2 Å². The lowest BCUT2D eigenvalue weighted by atomic mass is 10.3. The highest BCUT2D eigenvalue weighted by molar-refractivity contribution is 7.11. The number of thiazole rings is 1. The smallest absolute Gasteiger partial charge is 0.234 e. The lowest BCUT2D eigenvalue weighted by Crippen LogP contribution is -2.47. The van der Waals surface area contributed by atoms with Gasteiger partial charge >= 0.3 is 0 Å². The quantitative estimate of drug-likeness (QED) is 0.836. The van der Waals surface area contributed by atoms with E-state index < -0.39 is 0 Å². The minimum atomic E-state index is -0.000819. The molecule has 1 aromatic rings. The van der Waals surface area contributed by atoms with Crippen molar-refractivity contribution < 1.29 is 4.79 Å². The topological polar surface area (TPSA) is 57.3 Å². The van der Waals surface area contributed by atoms with Gasteiger partial charge in [0.15, 0.2) is 0 Å². The third-order valence-electron chi connectivity index (χ3n) is 2.96. The molecule has 5 nitrogen and oxygen atoms in total. The standard InChI is InChI=1S/C12H20N4OS/c1-9-7-14-12(18-9)10(2)15-11(17)8-16-5-3-13-4-6-16/h7,10,13H,3-6,8H2,1-2H3,(H,15,17). The van der Waals surface area contributed by atoms with Crippen LogP contribution in [0.3, 0.4) is 0 Å². The van der Waals surface area contributed by atoms with Crippen molar-refractivity contribution >= 4 is 17.2 Å². The van der Waals surface area contributed by atoms with Gasteiger partial charge in [0, 0.05) is 37.3 Å². The number of hydrogen-bond acceptors (Lipinski definition) is 5. The number of rotatable bonds is 4. The van der Waals surface area contributed by atoms with Crippen LogP contribution in [0.1, 0.15) is 22.9 Å². The number of piperazine rings is 1. The van der Waals surface area contributed by atoms with Crippen LogP contribution in [-0.4, -0.2) is 48.5 Å². The van der Waals surface area contributed by atoms with Crippen molar-refractivity contribution in [2.75, 3.05) is 32.7 Å². The Morgan fingerprint density at radius 2 is 2.33 bits per heavy atom. The molecule has 1 aliphatic rings. The number of amides is 1. The Bertz CT molecular complexity index is 401. The summed E-state index contributed by atoms with van der Waals surface area (Å²) in [6.07, 6.45) is 1.85. The van der Waals surface area contributed by atoms with Crippen molar-refractivity contribution in [1.29, 1.82) is 0 Å². The fourth-order valence-corrected chi connectivity index (χ4v) is 2.77. The first-order valence-electron chi connectivity index (χ1n) is 6.30. The molecule has 1 amide bonds. The molecule has 0 bridgehead atoms. The van der Waals surface area contributed by atoms with Gasteiger partial charge in [-0.1, -0.05) is 0 Å². The van der Waals surface area contributed by atoms with Gasteiger partial charge in [-0.3, -0.25) is 9.69 Å². The van der Waals surface area contributed by atoms with Gasteiger partial charge in [-0.25, -0.2) is 4.98 Å². The number of carbonyl (C=O) groups is 1. The Morgan fingerprint density at radius 1 is 1.61 bits per heavy atom. The van der Waals surface area contributed by atoms with Crippen LogP contribution in [-0.2, 0) is 4.79 Å². The van der Waals surface area contributed by atoms with E-state index in [9.17, 15) is 4.79 Å². The van der Waals surface area contributed by atoms with Crippen LogP contribution in [0.4, 0.5) is 0 Å². The Kier molecular flexibility index (Phi) is 4.68.